The van der Waals surface area contributed by atoms with E-state index in [4.69, 9.17) is 0 Å². The third kappa shape index (κ3) is 2.97. The van der Waals surface area contributed by atoms with Crippen molar-refractivity contribution in [3.8, 4) is 0 Å². The highest BCUT2D eigenvalue weighted by Crippen LogP contribution is 2.60. The highest BCUT2D eigenvalue weighted by Gasteiger charge is 2.51. The van der Waals surface area contributed by atoms with Gasteiger partial charge in [0.05, 0.1) is 0 Å². The van der Waals surface area contributed by atoms with E-state index in [-0.39, 0.29) is 11.8 Å². The fourth-order valence-corrected chi connectivity index (χ4v) is 6.82. The van der Waals surface area contributed by atoms with Crippen molar-refractivity contribution >= 4 is 11.8 Å². The number of likely N-dealkylation sites (tertiary alicyclic amines) is 1. The molecule has 0 aromatic rings. The molecule has 0 unspecified atom stereocenters. The number of nitrogens with zero attached hydrogens (tertiary/aromatic N) is 2. The van der Waals surface area contributed by atoms with Gasteiger partial charge in [-0.15, -0.1) is 0 Å². The van der Waals surface area contributed by atoms with E-state index in [2.05, 4.69) is 4.90 Å². The minimum absolute atomic E-state index is 0.125. The van der Waals surface area contributed by atoms with E-state index in [0.717, 1.165) is 50.2 Å². The van der Waals surface area contributed by atoms with Gasteiger partial charge >= 0.3 is 0 Å². The largest absolute Gasteiger partial charge is 0.345 e. The number of hydrogen-bond acceptors (Lipinski definition) is 2. The summed E-state index contributed by atoms with van der Waals surface area (Å²) in [7, 11) is 2.03. The average molecular weight is 332 g/mol. The lowest BCUT2D eigenvalue weighted by Gasteiger charge is -2.57. The van der Waals surface area contributed by atoms with Crippen LogP contribution in [-0.2, 0) is 9.59 Å². The molecule has 4 bridgehead atoms. The average Bonchev–Trinajstić information content (AvgIpc) is 2.52. The van der Waals surface area contributed by atoms with Gasteiger partial charge in [0.2, 0.25) is 11.8 Å². The lowest BCUT2D eigenvalue weighted by molar-refractivity contribution is -0.143. The summed E-state index contributed by atoms with van der Waals surface area (Å²) in [5.41, 5.74) is 0.430. The van der Waals surface area contributed by atoms with E-state index < -0.39 is 0 Å². The first-order valence-corrected chi connectivity index (χ1v) is 9.94. The molecular formula is C20H32N2O2. The molecule has 4 saturated carbocycles. The maximum Gasteiger partial charge on any atom is 0.225 e. The Morgan fingerprint density at radius 1 is 1.00 bits per heavy atom. The maximum absolute atomic E-state index is 12.9. The summed E-state index contributed by atoms with van der Waals surface area (Å²) in [6.07, 6.45) is 10.1. The van der Waals surface area contributed by atoms with Crippen LogP contribution in [0.25, 0.3) is 0 Å². The second-order valence-electron chi connectivity index (χ2n) is 9.39. The molecule has 0 atom stereocenters. The first-order chi connectivity index (χ1) is 11.4. The van der Waals surface area contributed by atoms with Gasteiger partial charge in [-0.1, -0.05) is 0 Å². The van der Waals surface area contributed by atoms with Gasteiger partial charge in [0.1, 0.15) is 0 Å². The van der Waals surface area contributed by atoms with Crippen molar-refractivity contribution in [2.45, 2.75) is 58.3 Å². The zero-order valence-electron chi connectivity index (χ0n) is 15.3. The molecule has 0 aromatic heterocycles. The predicted octanol–water partition coefficient (Wildman–Crippen LogP) is 2.92. The van der Waals surface area contributed by atoms with Crippen LogP contribution in [0.15, 0.2) is 0 Å². The summed E-state index contributed by atoms with van der Waals surface area (Å²) in [6, 6.07) is 0. The minimum Gasteiger partial charge on any atom is -0.345 e. The number of piperidine rings is 1. The fourth-order valence-electron chi connectivity index (χ4n) is 6.82. The van der Waals surface area contributed by atoms with Gasteiger partial charge in [0, 0.05) is 39.5 Å². The molecule has 134 valence electrons. The van der Waals surface area contributed by atoms with Gasteiger partial charge < -0.3 is 9.80 Å². The molecule has 5 rings (SSSR count). The molecule has 1 heterocycles. The van der Waals surface area contributed by atoms with Gasteiger partial charge in [-0.25, -0.2) is 0 Å². The fraction of sp³-hybridized carbons (Fsp3) is 0.900. The molecule has 0 N–H and O–H groups in total. The molecule has 24 heavy (non-hydrogen) atoms. The van der Waals surface area contributed by atoms with Crippen LogP contribution in [0.4, 0.5) is 0 Å². The Labute approximate surface area is 145 Å². The highest BCUT2D eigenvalue weighted by molar-refractivity contribution is 5.79. The standard InChI is InChI=1S/C20H32N2O2/c1-14(23)22-5-3-18(4-6-22)19(24)21(2)13-20-10-15-7-16(11-20)9-17(8-15)12-20/h15-18H,3-13H2,1-2H3. The Balaban J connectivity index is 1.35. The maximum atomic E-state index is 12.9. The number of hydrogen-bond donors (Lipinski definition) is 0. The molecule has 2 amide bonds. The van der Waals surface area contributed by atoms with E-state index in [1.807, 2.05) is 11.9 Å². The zero-order chi connectivity index (χ0) is 16.9. The molecule has 1 saturated heterocycles. The molecule has 4 nitrogen and oxygen atoms in total. The van der Waals surface area contributed by atoms with Gasteiger partial charge in [0.15, 0.2) is 0 Å². The molecule has 1 aliphatic heterocycles. The normalized spacial score (nSPS) is 38.4. The summed E-state index contributed by atoms with van der Waals surface area (Å²) >= 11 is 0. The summed E-state index contributed by atoms with van der Waals surface area (Å²) in [4.78, 5) is 28.3. The summed E-state index contributed by atoms with van der Waals surface area (Å²) < 4.78 is 0. The van der Waals surface area contributed by atoms with Crippen molar-refractivity contribution in [1.29, 1.82) is 0 Å². The Bertz CT molecular complexity index is 486. The van der Waals surface area contributed by atoms with E-state index in [1.165, 1.54) is 38.5 Å². The number of amides is 2. The molecule has 0 radical (unpaired) electrons. The molecule has 0 spiro atoms. The van der Waals surface area contributed by atoms with Crippen LogP contribution in [0.5, 0.6) is 0 Å². The van der Waals surface area contributed by atoms with E-state index in [0.29, 0.717) is 11.3 Å². The molecule has 4 aliphatic carbocycles. The summed E-state index contributed by atoms with van der Waals surface area (Å²) in [5, 5.41) is 0. The second kappa shape index (κ2) is 6.03. The van der Waals surface area contributed by atoms with Crippen molar-refractivity contribution in [1.82, 2.24) is 9.80 Å². The van der Waals surface area contributed by atoms with Crippen LogP contribution in [0.3, 0.4) is 0 Å². The Hall–Kier alpha value is -1.06. The van der Waals surface area contributed by atoms with Crippen LogP contribution in [0.2, 0.25) is 0 Å². The Morgan fingerprint density at radius 3 is 1.96 bits per heavy atom. The van der Waals surface area contributed by atoms with Gasteiger partial charge in [-0.2, -0.15) is 0 Å². The first kappa shape index (κ1) is 16.4. The molecule has 5 aliphatic rings. The van der Waals surface area contributed by atoms with Crippen LogP contribution >= 0.6 is 0 Å². The van der Waals surface area contributed by atoms with Gasteiger partial charge in [0.25, 0.3) is 0 Å². The SMILES string of the molecule is CC(=O)N1CCC(C(=O)N(C)CC23CC4CC(CC(C4)C2)C3)CC1. The van der Waals surface area contributed by atoms with Crippen molar-refractivity contribution in [3.05, 3.63) is 0 Å². The van der Waals surface area contributed by atoms with Gasteiger partial charge in [-0.3, -0.25) is 9.59 Å². The molecule has 5 fully saturated rings. The minimum atomic E-state index is 0.125. The summed E-state index contributed by atoms with van der Waals surface area (Å²) in [6.45, 7) is 4.09. The third-order valence-corrected chi connectivity index (χ3v) is 7.40. The molecule has 0 aromatic carbocycles. The smallest absolute Gasteiger partial charge is 0.225 e. The Morgan fingerprint density at radius 2 is 1.50 bits per heavy atom. The molecular weight excluding hydrogens is 300 g/mol. The zero-order valence-corrected chi connectivity index (χ0v) is 15.3. The summed E-state index contributed by atoms with van der Waals surface area (Å²) in [5.74, 6) is 3.42. The van der Waals surface area contributed by atoms with Crippen LogP contribution in [0, 0.1) is 29.1 Å². The number of carbonyl (C=O) groups excluding carboxylic acids is 2. The lowest BCUT2D eigenvalue weighted by atomic mass is 9.49. The number of rotatable bonds is 3. The van der Waals surface area contributed by atoms with Crippen molar-refractivity contribution in [3.63, 3.8) is 0 Å². The second-order valence-corrected chi connectivity index (χ2v) is 9.39. The monoisotopic (exact) mass is 332 g/mol. The lowest BCUT2D eigenvalue weighted by Crippen LogP contribution is -2.52. The van der Waals surface area contributed by atoms with E-state index >= 15 is 0 Å². The first-order valence-electron chi connectivity index (χ1n) is 9.94. The van der Waals surface area contributed by atoms with Crippen molar-refractivity contribution in [2.75, 3.05) is 26.7 Å². The topological polar surface area (TPSA) is 40.6 Å². The third-order valence-electron chi connectivity index (χ3n) is 7.40. The van der Waals surface area contributed by atoms with E-state index in [9.17, 15) is 9.59 Å². The van der Waals surface area contributed by atoms with Crippen LogP contribution < -0.4 is 0 Å². The Kier molecular flexibility index (Phi) is 4.12. The van der Waals surface area contributed by atoms with Crippen molar-refractivity contribution in [2.24, 2.45) is 29.1 Å². The van der Waals surface area contributed by atoms with Crippen LogP contribution in [-0.4, -0.2) is 48.3 Å². The highest BCUT2D eigenvalue weighted by atomic mass is 16.2. The van der Waals surface area contributed by atoms with Gasteiger partial charge in [-0.05, 0) is 74.5 Å². The quantitative estimate of drug-likeness (QED) is 0.797. The molecule has 4 heteroatoms. The predicted molar refractivity (Wildman–Crippen MR) is 93.2 cm³/mol. The van der Waals surface area contributed by atoms with Crippen LogP contribution in [0.1, 0.15) is 58.3 Å². The number of carbonyl (C=O) groups is 2. The van der Waals surface area contributed by atoms with Crippen molar-refractivity contribution < 1.29 is 9.59 Å². The van der Waals surface area contributed by atoms with E-state index in [1.54, 1.807) is 6.92 Å².